The molecule has 0 radical (unpaired) electrons. The van der Waals surface area contributed by atoms with Crippen molar-refractivity contribution in [3.05, 3.63) is 95.5 Å². The van der Waals surface area contributed by atoms with Crippen molar-refractivity contribution in [3.63, 3.8) is 0 Å². The van der Waals surface area contributed by atoms with Gasteiger partial charge in [-0.05, 0) is 54.1 Å². The van der Waals surface area contributed by atoms with E-state index in [1.165, 1.54) is 0 Å². The van der Waals surface area contributed by atoms with Crippen molar-refractivity contribution in [1.29, 1.82) is 0 Å². The van der Waals surface area contributed by atoms with Crippen molar-refractivity contribution in [2.45, 2.75) is 26.7 Å². The molecule has 0 spiro atoms. The molecule has 0 aliphatic carbocycles. The molecule has 8 nitrogen and oxygen atoms in total. The largest absolute Gasteiger partial charge is 0.485 e. The molecule has 0 saturated carbocycles. The molecule has 1 N–H and O–H groups in total. The van der Waals surface area contributed by atoms with Crippen molar-refractivity contribution < 1.29 is 23.2 Å². The van der Waals surface area contributed by atoms with Gasteiger partial charge in [0.15, 0.2) is 6.61 Å². The fourth-order valence-corrected chi connectivity index (χ4v) is 2.86. The first-order valence-corrected chi connectivity index (χ1v) is 9.68. The normalized spacial score (nSPS) is 10.7. The van der Waals surface area contributed by atoms with Gasteiger partial charge in [-0.3, -0.25) is 4.79 Å². The molecule has 0 fully saturated rings. The van der Waals surface area contributed by atoms with Crippen LogP contribution in [0.25, 0.3) is 0 Å². The third-order valence-corrected chi connectivity index (χ3v) is 4.33. The Kier molecular flexibility index (Phi) is 6.39. The first-order chi connectivity index (χ1) is 15.2. The number of amides is 1. The molecule has 2 aromatic heterocycles. The number of anilines is 1. The SMILES string of the molecule is Cc1nc(COc2ccc(C(=O)Nc3cccc(COCc4ccco4)c3)cc2)no1. The van der Waals surface area contributed by atoms with Crippen molar-refractivity contribution in [3.8, 4) is 5.75 Å². The van der Waals surface area contributed by atoms with Crippen LogP contribution < -0.4 is 10.1 Å². The van der Waals surface area contributed by atoms with E-state index in [4.69, 9.17) is 18.4 Å². The van der Waals surface area contributed by atoms with E-state index in [1.54, 1.807) is 37.5 Å². The zero-order chi connectivity index (χ0) is 21.5. The summed E-state index contributed by atoms with van der Waals surface area (Å²) in [5, 5.41) is 6.67. The van der Waals surface area contributed by atoms with E-state index < -0.39 is 0 Å². The second-order valence-corrected chi connectivity index (χ2v) is 6.77. The van der Waals surface area contributed by atoms with Crippen LogP contribution in [-0.2, 0) is 24.6 Å². The number of aryl methyl sites for hydroxylation is 1. The number of rotatable bonds is 9. The zero-order valence-electron chi connectivity index (χ0n) is 16.9. The van der Waals surface area contributed by atoms with Crippen molar-refractivity contribution in [1.82, 2.24) is 10.1 Å². The van der Waals surface area contributed by atoms with Gasteiger partial charge >= 0.3 is 0 Å². The van der Waals surface area contributed by atoms with Gasteiger partial charge in [-0.15, -0.1) is 0 Å². The van der Waals surface area contributed by atoms with Crippen LogP contribution in [0.1, 0.15) is 33.4 Å². The first-order valence-electron chi connectivity index (χ1n) is 9.68. The van der Waals surface area contributed by atoms with Crippen LogP contribution in [0.15, 0.2) is 75.9 Å². The van der Waals surface area contributed by atoms with E-state index in [2.05, 4.69) is 15.5 Å². The Balaban J connectivity index is 1.29. The predicted molar refractivity (Wildman–Crippen MR) is 111 cm³/mol. The summed E-state index contributed by atoms with van der Waals surface area (Å²) in [6, 6.07) is 18.0. The van der Waals surface area contributed by atoms with E-state index in [1.807, 2.05) is 36.4 Å². The highest BCUT2D eigenvalue weighted by molar-refractivity contribution is 6.04. The summed E-state index contributed by atoms with van der Waals surface area (Å²) in [5.74, 6) is 2.11. The van der Waals surface area contributed by atoms with Gasteiger partial charge in [-0.1, -0.05) is 17.3 Å². The fourth-order valence-electron chi connectivity index (χ4n) is 2.86. The van der Waals surface area contributed by atoms with E-state index in [-0.39, 0.29) is 12.5 Å². The molecule has 0 aliphatic rings. The summed E-state index contributed by atoms with van der Waals surface area (Å²) < 4.78 is 21.4. The molecule has 2 aromatic carbocycles. The Morgan fingerprint density at radius 2 is 1.90 bits per heavy atom. The highest BCUT2D eigenvalue weighted by atomic mass is 16.5. The third kappa shape index (κ3) is 5.80. The number of carbonyl (C=O) groups is 1. The zero-order valence-corrected chi connectivity index (χ0v) is 16.9. The first kappa shape index (κ1) is 20.4. The van der Waals surface area contributed by atoms with E-state index in [9.17, 15) is 4.79 Å². The summed E-state index contributed by atoms with van der Waals surface area (Å²) in [4.78, 5) is 16.6. The van der Waals surface area contributed by atoms with Gasteiger partial charge < -0.3 is 23.7 Å². The number of nitrogens with zero attached hydrogens (tertiary/aromatic N) is 2. The van der Waals surface area contributed by atoms with Crippen molar-refractivity contribution in [2.24, 2.45) is 0 Å². The monoisotopic (exact) mass is 419 g/mol. The predicted octanol–water partition coefficient (Wildman–Crippen LogP) is 4.52. The Morgan fingerprint density at radius 3 is 2.65 bits per heavy atom. The summed E-state index contributed by atoms with van der Waals surface area (Å²) in [6.07, 6.45) is 1.61. The van der Waals surface area contributed by atoms with Crippen LogP contribution >= 0.6 is 0 Å². The van der Waals surface area contributed by atoms with Crippen LogP contribution in [0.2, 0.25) is 0 Å². The van der Waals surface area contributed by atoms with Gasteiger partial charge in [0.05, 0.1) is 12.9 Å². The molecule has 2 heterocycles. The molecule has 8 heteroatoms. The Hall–Kier alpha value is -3.91. The maximum absolute atomic E-state index is 12.6. The lowest BCUT2D eigenvalue weighted by Gasteiger charge is -2.09. The number of ether oxygens (including phenoxy) is 2. The lowest BCUT2D eigenvalue weighted by molar-refractivity contribution is 0.0929. The molecular weight excluding hydrogens is 398 g/mol. The molecule has 158 valence electrons. The van der Waals surface area contributed by atoms with E-state index >= 15 is 0 Å². The number of aromatic nitrogens is 2. The molecule has 4 rings (SSSR count). The fraction of sp³-hybridized carbons (Fsp3) is 0.174. The minimum absolute atomic E-state index is 0.192. The highest BCUT2D eigenvalue weighted by Gasteiger charge is 2.08. The van der Waals surface area contributed by atoms with Gasteiger partial charge in [-0.25, -0.2) is 0 Å². The topological polar surface area (TPSA) is 99.6 Å². The molecule has 31 heavy (non-hydrogen) atoms. The minimum atomic E-state index is -0.214. The average molecular weight is 419 g/mol. The van der Waals surface area contributed by atoms with Gasteiger partial charge in [-0.2, -0.15) is 4.98 Å². The van der Waals surface area contributed by atoms with Gasteiger partial charge in [0.2, 0.25) is 11.7 Å². The van der Waals surface area contributed by atoms with Gasteiger partial charge in [0, 0.05) is 18.2 Å². The number of nitrogens with one attached hydrogen (secondary N) is 1. The molecule has 0 bridgehead atoms. The molecular formula is C23H21N3O5. The second-order valence-electron chi connectivity index (χ2n) is 6.77. The van der Waals surface area contributed by atoms with Crippen LogP contribution in [0.5, 0.6) is 5.75 Å². The van der Waals surface area contributed by atoms with Crippen LogP contribution in [0.4, 0.5) is 5.69 Å². The molecule has 0 aliphatic heterocycles. The quantitative estimate of drug-likeness (QED) is 0.426. The van der Waals surface area contributed by atoms with Crippen LogP contribution in [0.3, 0.4) is 0 Å². The molecule has 0 atom stereocenters. The van der Waals surface area contributed by atoms with Crippen molar-refractivity contribution >= 4 is 11.6 Å². The highest BCUT2D eigenvalue weighted by Crippen LogP contribution is 2.17. The second kappa shape index (κ2) is 9.73. The minimum Gasteiger partial charge on any atom is -0.485 e. The third-order valence-electron chi connectivity index (χ3n) is 4.33. The number of hydrogen-bond donors (Lipinski definition) is 1. The molecule has 4 aromatic rings. The summed E-state index contributed by atoms with van der Waals surface area (Å²) in [6.45, 7) is 2.71. The van der Waals surface area contributed by atoms with Gasteiger partial charge in [0.1, 0.15) is 18.1 Å². The molecule has 0 unspecified atom stereocenters. The maximum atomic E-state index is 12.6. The number of benzene rings is 2. The van der Waals surface area contributed by atoms with Crippen LogP contribution in [0, 0.1) is 6.92 Å². The number of carbonyl (C=O) groups excluding carboxylic acids is 1. The lowest BCUT2D eigenvalue weighted by atomic mass is 10.1. The van der Waals surface area contributed by atoms with Gasteiger partial charge in [0.25, 0.3) is 5.91 Å². The number of furan rings is 1. The van der Waals surface area contributed by atoms with Crippen LogP contribution in [-0.4, -0.2) is 16.0 Å². The Labute approximate surface area is 178 Å². The Bertz CT molecular complexity index is 1120. The molecule has 1 amide bonds. The summed E-state index contributed by atoms with van der Waals surface area (Å²) in [5.41, 5.74) is 2.16. The maximum Gasteiger partial charge on any atom is 0.255 e. The van der Waals surface area contributed by atoms with E-state index in [0.29, 0.717) is 41.9 Å². The van der Waals surface area contributed by atoms with E-state index in [0.717, 1.165) is 11.3 Å². The summed E-state index contributed by atoms with van der Waals surface area (Å²) in [7, 11) is 0. The average Bonchev–Trinajstić information content (AvgIpc) is 3.45. The standard InChI is InChI=1S/C23H21N3O5/c1-16-24-22(26-31-16)15-30-20-9-7-18(8-10-20)23(27)25-19-5-2-4-17(12-19)13-28-14-21-6-3-11-29-21/h2-12H,13-15H2,1H3,(H,25,27). The lowest BCUT2D eigenvalue weighted by Crippen LogP contribution is -2.12. The number of hydrogen-bond acceptors (Lipinski definition) is 7. The summed E-state index contributed by atoms with van der Waals surface area (Å²) >= 11 is 0. The Morgan fingerprint density at radius 1 is 1.03 bits per heavy atom. The smallest absolute Gasteiger partial charge is 0.255 e. The molecule has 0 saturated heterocycles. The van der Waals surface area contributed by atoms with Crippen molar-refractivity contribution in [2.75, 3.05) is 5.32 Å².